The summed E-state index contributed by atoms with van der Waals surface area (Å²) in [5, 5.41) is 9.20. The Hall–Kier alpha value is -3.60. The lowest BCUT2D eigenvalue weighted by Gasteiger charge is -2.12. The average Bonchev–Trinajstić information content (AvgIpc) is 2.67. The van der Waals surface area contributed by atoms with Gasteiger partial charge in [0.1, 0.15) is 29.2 Å². The quantitative estimate of drug-likeness (QED) is 0.534. The smallest absolute Gasteiger partial charge is 0.347 e. The Bertz CT molecular complexity index is 918. The van der Waals surface area contributed by atoms with Crippen LogP contribution in [0.3, 0.4) is 0 Å². The van der Waals surface area contributed by atoms with Crippen molar-refractivity contribution in [2.45, 2.75) is 6.61 Å². The second kappa shape index (κ2) is 7.98. The Morgan fingerprint density at radius 3 is 2.00 bits per heavy atom. The molecule has 0 radical (unpaired) electrons. The van der Waals surface area contributed by atoms with Crippen LogP contribution in [0.4, 0.5) is 0 Å². The molecule has 5 heteroatoms. The third-order valence-electron chi connectivity index (χ3n) is 3.66. The van der Waals surface area contributed by atoms with E-state index in [2.05, 4.69) is 0 Å². The summed E-state index contributed by atoms with van der Waals surface area (Å²) in [6, 6.07) is 22.2. The monoisotopic (exact) mass is 348 g/mol. The molecule has 0 aliphatic rings. The number of ether oxygens (including phenoxy) is 2. The largest absolute Gasteiger partial charge is 0.488 e. The van der Waals surface area contributed by atoms with Gasteiger partial charge in [-0.05, 0) is 29.8 Å². The maximum Gasteiger partial charge on any atom is 0.347 e. The maximum absolute atomic E-state index is 12.5. The molecule has 3 rings (SSSR count). The number of benzene rings is 3. The zero-order valence-electron chi connectivity index (χ0n) is 13.8. The lowest BCUT2D eigenvalue weighted by Crippen LogP contribution is -2.13. The van der Waals surface area contributed by atoms with E-state index in [1.165, 1.54) is 12.1 Å². The molecular formula is C21H16O5. The van der Waals surface area contributed by atoms with E-state index in [0.717, 1.165) is 5.56 Å². The van der Waals surface area contributed by atoms with Gasteiger partial charge in [0.15, 0.2) is 0 Å². The van der Waals surface area contributed by atoms with Crippen LogP contribution in [0.5, 0.6) is 11.5 Å². The second-order valence-corrected chi connectivity index (χ2v) is 5.46. The summed E-state index contributed by atoms with van der Waals surface area (Å²) in [7, 11) is 0. The minimum Gasteiger partial charge on any atom is -0.488 e. The molecular weight excluding hydrogens is 332 g/mol. The highest BCUT2D eigenvalue weighted by molar-refractivity contribution is 5.96. The Morgan fingerprint density at radius 1 is 0.731 bits per heavy atom. The van der Waals surface area contributed by atoms with Gasteiger partial charge in [0, 0.05) is 0 Å². The fourth-order valence-corrected chi connectivity index (χ4v) is 2.38. The normalized spacial score (nSPS) is 10.2. The molecule has 0 bridgehead atoms. The molecule has 0 fully saturated rings. The van der Waals surface area contributed by atoms with Crippen LogP contribution in [0.1, 0.15) is 26.3 Å². The first-order valence-electron chi connectivity index (χ1n) is 7.95. The molecule has 0 saturated carbocycles. The Kier molecular flexibility index (Phi) is 5.29. The van der Waals surface area contributed by atoms with E-state index >= 15 is 0 Å². The molecule has 0 heterocycles. The molecule has 0 saturated heterocycles. The average molecular weight is 348 g/mol. The van der Waals surface area contributed by atoms with Crippen LogP contribution >= 0.6 is 0 Å². The van der Waals surface area contributed by atoms with Crippen molar-refractivity contribution in [3.05, 3.63) is 95.6 Å². The van der Waals surface area contributed by atoms with Crippen molar-refractivity contribution in [2.24, 2.45) is 0 Å². The number of hydrogen-bond acceptors (Lipinski definition) is 4. The molecule has 26 heavy (non-hydrogen) atoms. The van der Waals surface area contributed by atoms with Gasteiger partial charge in [0.25, 0.3) is 0 Å². The number of rotatable bonds is 6. The zero-order chi connectivity index (χ0) is 18.4. The summed E-state index contributed by atoms with van der Waals surface area (Å²) in [6.45, 7) is 0.302. The van der Waals surface area contributed by atoms with E-state index in [4.69, 9.17) is 9.47 Å². The molecule has 0 unspecified atom stereocenters. The maximum atomic E-state index is 12.5. The summed E-state index contributed by atoms with van der Waals surface area (Å²) in [6.07, 6.45) is 0. The predicted molar refractivity (Wildman–Crippen MR) is 95.6 cm³/mol. The highest BCUT2D eigenvalue weighted by Crippen LogP contribution is 2.24. The summed E-state index contributed by atoms with van der Waals surface area (Å²) < 4.78 is 11.0. The number of carbonyl (C=O) groups excluding carboxylic acids is 1. The van der Waals surface area contributed by atoms with Crippen LogP contribution < -0.4 is 9.47 Å². The van der Waals surface area contributed by atoms with Crippen molar-refractivity contribution in [3.8, 4) is 11.5 Å². The van der Waals surface area contributed by atoms with Gasteiger partial charge < -0.3 is 14.6 Å². The van der Waals surface area contributed by atoms with Gasteiger partial charge in [-0.2, -0.15) is 0 Å². The highest BCUT2D eigenvalue weighted by Gasteiger charge is 2.18. The van der Waals surface area contributed by atoms with Crippen LogP contribution in [-0.2, 0) is 6.61 Å². The van der Waals surface area contributed by atoms with Gasteiger partial charge in [-0.1, -0.05) is 54.6 Å². The molecule has 0 spiro atoms. The number of carboxylic acids is 1. The number of esters is 1. The number of hydrogen-bond donors (Lipinski definition) is 1. The Labute approximate surface area is 150 Å². The first kappa shape index (κ1) is 17.2. The van der Waals surface area contributed by atoms with Crippen LogP contribution in [0, 0.1) is 0 Å². The van der Waals surface area contributed by atoms with Crippen LogP contribution in [-0.4, -0.2) is 17.0 Å². The van der Waals surface area contributed by atoms with E-state index in [9.17, 15) is 14.7 Å². The summed E-state index contributed by atoms with van der Waals surface area (Å²) in [5.41, 5.74) is 1.11. The van der Waals surface area contributed by atoms with Gasteiger partial charge in [0.2, 0.25) is 0 Å². The summed E-state index contributed by atoms with van der Waals surface area (Å²) in [5.74, 6) is -1.48. The standard InChI is InChI=1S/C21H16O5/c22-20(23)16-10-4-7-13-19(16)26-21(24)17-11-5-6-12-18(17)25-14-15-8-2-1-3-9-15/h1-13H,14H2,(H,22,23). The zero-order valence-corrected chi connectivity index (χ0v) is 13.8. The SMILES string of the molecule is O=C(O)c1ccccc1OC(=O)c1ccccc1OCc1ccccc1. The van der Waals surface area contributed by atoms with Gasteiger partial charge in [-0.3, -0.25) is 0 Å². The first-order valence-corrected chi connectivity index (χ1v) is 7.95. The summed E-state index contributed by atoms with van der Waals surface area (Å²) in [4.78, 5) is 23.8. The summed E-state index contributed by atoms with van der Waals surface area (Å²) >= 11 is 0. The van der Waals surface area contributed by atoms with Gasteiger partial charge in [-0.15, -0.1) is 0 Å². The van der Waals surface area contributed by atoms with E-state index in [1.54, 1.807) is 36.4 Å². The molecule has 3 aromatic rings. The molecule has 130 valence electrons. The van der Waals surface area contributed by atoms with Gasteiger partial charge in [0.05, 0.1) is 0 Å². The van der Waals surface area contributed by atoms with Crippen molar-refractivity contribution in [2.75, 3.05) is 0 Å². The van der Waals surface area contributed by atoms with Crippen LogP contribution in [0.25, 0.3) is 0 Å². The topological polar surface area (TPSA) is 72.8 Å². The van der Waals surface area contributed by atoms with E-state index in [-0.39, 0.29) is 16.9 Å². The fraction of sp³-hybridized carbons (Fsp3) is 0.0476. The minimum absolute atomic E-state index is 0.0112. The predicted octanol–water partition coefficient (Wildman–Crippen LogP) is 4.18. The van der Waals surface area contributed by atoms with Crippen molar-refractivity contribution < 1.29 is 24.2 Å². The molecule has 1 N–H and O–H groups in total. The molecule has 3 aromatic carbocycles. The molecule has 5 nitrogen and oxygen atoms in total. The third-order valence-corrected chi connectivity index (χ3v) is 3.66. The number of aromatic carboxylic acids is 1. The van der Waals surface area contributed by atoms with Crippen molar-refractivity contribution in [3.63, 3.8) is 0 Å². The van der Waals surface area contributed by atoms with E-state index in [0.29, 0.717) is 12.4 Å². The van der Waals surface area contributed by atoms with Crippen LogP contribution in [0.2, 0.25) is 0 Å². The number of carbonyl (C=O) groups is 2. The minimum atomic E-state index is -1.16. The van der Waals surface area contributed by atoms with Gasteiger partial charge in [-0.25, -0.2) is 9.59 Å². The van der Waals surface area contributed by atoms with E-state index in [1.807, 2.05) is 30.3 Å². The number of carboxylic acid groups (broad SMARTS) is 1. The lowest BCUT2D eigenvalue weighted by atomic mass is 10.2. The number of para-hydroxylation sites is 2. The highest BCUT2D eigenvalue weighted by atomic mass is 16.5. The third kappa shape index (κ3) is 4.08. The second-order valence-electron chi connectivity index (χ2n) is 5.46. The first-order chi connectivity index (χ1) is 12.6. The lowest BCUT2D eigenvalue weighted by molar-refractivity contribution is 0.0680. The fourth-order valence-electron chi connectivity index (χ4n) is 2.38. The molecule has 0 atom stereocenters. The molecule has 0 amide bonds. The van der Waals surface area contributed by atoms with Crippen LogP contribution in [0.15, 0.2) is 78.9 Å². The molecule has 0 aromatic heterocycles. The van der Waals surface area contributed by atoms with Crippen molar-refractivity contribution in [1.82, 2.24) is 0 Å². The van der Waals surface area contributed by atoms with Gasteiger partial charge >= 0.3 is 11.9 Å². The van der Waals surface area contributed by atoms with E-state index < -0.39 is 11.9 Å². The molecule has 0 aliphatic carbocycles. The Balaban J connectivity index is 1.79. The van der Waals surface area contributed by atoms with Crippen molar-refractivity contribution in [1.29, 1.82) is 0 Å². The Morgan fingerprint density at radius 2 is 1.31 bits per heavy atom. The van der Waals surface area contributed by atoms with Crippen molar-refractivity contribution >= 4 is 11.9 Å². The molecule has 0 aliphatic heterocycles.